The number of nitrogens with zero attached hydrogens (tertiary/aromatic N) is 3. The van der Waals surface area contributed by atoms with E-state index in [4.69, 9.17) is 22.3 Å². The summed E-state index contributed by atoms with van der Waals surface area (Å²) in [5.74, 6) is -0.318. The molecule has 1 aromatic carbocycles. The van der Waals surface area contributed by atoms with Gasteiger partial charge in [-0.15, -0.1) is 10.2 Å². The molecule has 0 fully saturated rings. The van der Waals surface area contributed by atoms with Gasteiger partial charge in [0.15, 0.2) is 5.82 Å². The first kappa shape index (κ1) is 14.2. The monoisotopic (exact) mass is 323 g/mol. The van der Waals surface area contributed by atoms with Gasteiger partial charge in [-0.2, -0.15) is 0 Å². The highest BCUT2D eigenvalue weighted by atomic mass is 35.7. The first-order chi connectivity index (χ1) is 8.84. The van der Waals surface area contributed by atoms with Crippen LogP contribution in [0.4, 0.5) is 4.39 Å². The van der Waals surface area contributed by atoms with E-state index in [0.29, 0.717) is 12.1 Å². The van der Waals surface area contributed by atoms with Gasteiger partial charge in [0.25, 0.3) is 14.2 Å². The zero-order chi connectivity index (χ0) is 14.2. The minimum absolute atomic E-state index is 0.0848. The Bertz CT molecular complexity index is 730. The van der Waals surface area contributed by atoms with Crippen LogP contribution in [0.1, 0.15) is 6.92 Å². The van der Waals surface area contributed by atoms with Crippen molar-refractivity contribution in [3.05, 3.63) is 29.0 Å². The number of halogens is 3. The Morgan fingerprint density at radius 2 is 2.05 bits per heavy atom. The van der Waals surface area contributed by atoms with E-state index in [1.165, 1.54) is 22.8 Å². The third kappa shape index (κ3) is 2.72. The van der Waals surface area contributed by atoms with Crippen molar-refractivity contribution in [3.63, 3.8) is 0 Å². The van der Waals surface area contributed by atoms with Crippen molar-refractivity contribution in [3.8, 4) is 11.4 Å². The van der Waals surface area contributed by atoms with Gasteiger partial charge in [-0.1, -0.05) is 11.6 Å². The summed E-state index contributed by atoms with van der Waals surface area (Å²) in [7, 11) is 1.27. The minimum atomic E-state index is -4.00. The average molecular weight is 324 g/mol. The maximum Gasteiger partial charge on any atom is 0.296 e. The topological polar surface area (TPSA) is 64.8 Å². The number of hydrogen-bond acceptors (Lipinski definition) is 4. The lowest BCUT2D eigenvalue weighted by atomic mass is 10.2. The highest BCUT2D eigenvalue weighted by Crippen LogP contribution is 2.26. The van der Waals surface area contributed by atoms with E-state index in [9.17, 15) is 12.8 Å². The second kappa shape index (κ2) is 5.07. The normalized spacial score (nSPS) is 11.8. The predicted molar refractivity (Wildman–Crippen MR) is 69.1 cm³/mol. The van der Waals surface area contributed by atoms with Gasteiger partial charge in [0.2, 0.25) is 0 Å². The molecule has 0 saturated carbocycles. The number of benzene rings is 1. The Morgan fingerprint density at radius 1 is 1.37 bits per heavy atom. The zero-order valence-electron chi connectivity index (χ0n) is 9.64. The lowest BCUT2D eigenvalue weighted by molar-refractivity contribution is 0.582. The van der Waals surface area contributed by atoms with Crippen LogP contribution < -0.4 is 0 Å². The first-order valence-corrected chi connectivity index (χ1v) is 7.86. The molecule has 2 rings (SSSR count). The van der Waals surface area contributed by atoms with Gasteiger partial charge < -0.3 is 0 Å². The number of rotatable bonds is 3. The van der Waals surface area contributed by atoms with Crippen LogP contribution in [0.3, 0.4) is 0 Å². The van der Waals surface area contributed by atoms with Crippen LogP contribution in [-0.2, 0) is 15.6 Å². The smallest absolute Gasteiger partial charge is 0.296 e. The Hall–Kier alpha value is -1.18. The van der Waals surface area contributed by atoms with Crippen molar-refractivity contribution < 1.29 is 12.8 Å². The van der Waals surface area contributed by atoms with E-state index >= 15 is 0 Å². The summed E-state index contributed by atoms with van der Waals surface area (Å²) >= 11 is 5.68. The molecule has 0 bridgehead atoms. The molecule has 0 aliphatic rings. The van der Waals surface area contributed by atoms with Gasteiger partial charge in [0.05, 0.1) is 5.02 Å². The molecule has 19 heavy (non-hydrogen) atoms. The van der Waals surface area contributed by atoms with Gasteiger partial charge in [-0.05, 0) is 25.1 Å². The van der Waals surface area contributed by atoms with E-state index in [-0.39, 0.29) is 16.0 Å². The fraction of sp³-hybridized carbons (Fsp3) is 0.200. The van der Waals surface area contributed by atoms with Crippen LogP contribution in [0.2, 0.25) is 5.02 Å². The standard InChI is InChI=1S/C10H8Cl2FN3O2S/c1-2-16-9(14-15-10(16)19(12,17)18)6-3-4-8(13)7(11)5-6/h3-5H,2H2,1H3. The molecule has 0 atom stereocenters. The van der Waals surface area contributed by atoms with Crippen LogP contribution in [0.25, 0.3) is 11.4 Å². The molecule has 0 N–H and O–H groups in total. The molecule has 1 heterocycles. The molecular weight excluding hydrogens is 316 g/mol. The van der Waals surface area contributed by atoms with Crippen molar-refractivity contribution >= 4 is 31.3 Å². The van der Waals surface area contributed by atoms with E-state index < -0.39 is 14.9 Å². The Kier molecular flexibility index (Phi) is 3.80. The molecule has 0 amide bonds. The molecule has 0 aliphatic carbocycles. The molecule has 5 nitrogen and oxygen atoms in total. The average Bonchev–Trinajstić information content (AvgIpc) is 2.76. The van der Waals surface area contributed by atoms with E-state index in [0.717, 1.165) is 0 Å². The molecule has 9 heteroatoms. The third-order valence-electron chi connectivity index (χ3n) is 2.43. The van der Waals surface area contributed by atoms with E-state index in [1.807, 2.05) is 0 Å². The molecular formula is C10H8Cl2FN3O2S. The SMILES string of the molecule is CCn1c(-c2ccc(F)c(Cl)c2)nnc1S(=O)(=O)Cl. The van der Waals surface area contributed by atoms with Crippen molar-refractivity contribution in [1.29, 1.82) is 0 Å². The van der Waals surface area contributed by atoms with Crippen molar-refractivity contribution in [2.45, 2.75) is 18.6 Å². The first-order valence-electron chi connectivity index (χ1n) is 5.18. The molecule has 0 saturated heterocycles. The van der Waals surface area contributed by atoms with Crippen LogP contribution in [0, 0.1) is 5.82 Å². The van der Waals surface area contributed by atoms with Crippen molar-refractivity contribution in [2.24, 2.45) is 0 Å². The largest absolute Gasteiger partial charge is 0.297 e. The Morgan fingerprint density at radius 3 is 2.58 bits per heavy atom. The highest BCUT2D eigenvalue weighted by Gasteiger charge is 2.22. The lowest BCUT2D eigenvalue weighted by Crippen LogP contribution is -2.06. The molecule has 0 radical (unpaired) electrons. The Labute approximate surface area is 118 Å². The van der Waals surface area contributed by atoms with Crippen LogP contribution in [0.5, 0.6) is 0 Å². The third-order valence-corrected chi connectivity index (χ3v) is 3.87. The second-order valence-electron chi connectivity index (χ2n) is 3.62. The molecule has 2 aromatic rings. The fourth-order valence-corrected chi connectivity index (χ4v) is 2.74. The van der Waals surface area contributed by atoms with Crippen LogP contribution in [0.15, 0.2) is 23.4 Å². The molecule has 1 aromatic heterocycles. The summed E-state index contributed by atoms with van der Waals surface area (Å²) in [6.45, 7) is 2.00. The number of aromatic nitrogens is 3. The molecule has 0 spiro atoms. The summed E-state index contributed by atoms with van der Waals surface area (Å²) in [4.78, 5) is 0. The summed E-state index contributed by atoms with van der Waals surface area (Å²) < 4.78 is 37.1. The second-order valence-corrected chi connectivity index (χ2v) is 6.48. The van der Waals surface area contributed by atoms with Gasteiger partial charge in [0.1, 0.15) is 5.82 Å². The van der Waals surface area contributed by atoms with Gasteiger partial charge in [-0.3, -0.25) is 4.57 Å². The molecule has 0 unspecified atom stereocenters. The summed E-state index contributed by atoms with van der Waals surface area (Å²) in [5, 5.41) is 6.87. The maximum absolute atomic E-state index is 13.1. The Balaban J connectivity index is 2.63. The van der Waals surface area contributed by atoms with Crippen molar-refractivity contribution in [2.75, 3.05) is 0 Å². The van der Waals surface area contributed by atoms with E-state index in [1.54, 1.807) is 6.92 Å². The highest BCUT2D eigenvalue weighted by molar-refractivity contribution is 8.13. The summed E-state index contributed by atoms with van der Waals surface area (Å²) in [5.41, 5.74) is 0.451. The van der Waals surface area contributed by atoms with E-state index in [2.05, 4.69) is 10.2 Å². The van der Waals surface area contributed by atoms with Crippen LogP contribution in [-0.4, -0.2) is 23.2 Å². The number of hydrogen-bond donors (Lipinski definition) is 0. The predicted octanol–water partition coefficient (Wildman–Crippen LogP) is 2.69. The molecule has 102 valence electrons. The van der Waals surface area contributed by atoms with Gasteiger partial charge in [0, 0.05) is 22.8 Å². The minimum Gasteiger partial charge on any atom is -0.297 e. The summed E-state index contributed by atoms with van der Waals surface area (Å²) in [6.07, 6.45) is 0. The van der Waals surface area contributed by atoms with Crippen LogP contribution >= 0.6 is 22.3 Å². The van der Waals surface area contributed by atoms with Crippen molar-refractivity contribution in [1.82, 2.24) is 14.8 Å². The fourth-order valence-electron chi connectivity index (χ4n) is 1.60. The van der Waals surface area contributed by atoms with Gasteiger partial charge >= 0.3 is 0 Å². The maximum atomic E-state index is 13.1. The molecule has 0 aliphatic heterocycles. The zero-order valence-corrected chi connectivity index (χ0v) is 12.0. The van der Waals surface area contributed by atoms with Gasteiger partial charge in [-0.25, -0.2) is 12.8 Å². The summed E-state index contributed by atoms with van der Waals surface area (Å²) in [6, 6.07) is 3.95. The lowest BCUT2D eigenvalue weighted by Gasteiger charge is -2.06. The quantitative estimate of drug-likeness (QED) is 0.814.